The number of carboxylic acids is 1. The molecule has 0 radical (unpaired) electrons. The SMILES string of the molecule is CCCCOCCOc1ccc(-c2cnc(N3CCCC3)c(C=C(C)C(=O)O)c2)cc1. The van der Waals surface area contributed by atoms with E-state index in [9.17, 15) is 9.90 Å². The van der Waals surface area contributed by atoms with Crippen molar-refractivity contribution in [1.82, 2.24) is 4.98 Å². The van der Waals surface area contributed by atoms with Crippen LogP contribution >= 0.6 is 0 Å². The Bertz CT molecular complexity index is 887. The number of rotatable bonds is 11. The molecule has 1 aliphatic rings. The number of hydrogen-bond donors (Lipinski definition) is 1. The third kappa shape index (κ3) is 6.56. The van der Waals surface area contributed by atoms with Crippen LogP contribution in [0.1, 0.15) is 45.1 Å². The molecule has 3 rings (SSSR count). The van der Waals surface area contributed by atoms with E-state index in [0.29, 0.717) is 18.8 Å². The maximum atomic E-state index is 11.4. The lowest BCUT2D eigenvalue weighted by Gasteiger charge is -2.20. The molecule has 6 heteroatoms. The maximum Gasteiger partial charge on any atom is 0.331 e. The minimum absolute atomic E-state index is 0.296. The molecular formula is C25H32N2O4. The van der Waals surface area contributed by atoms with Crippen LogP contribution in [0.2, 0.25) is 0 Å². The highest BCUT2D eigenvalue weighted by molar-refractivity contribution is 5.92. The number of nitrogens with zero attached hydrogens (tertiary/aromatic N) is 2. The van der Waals surface area contributed by atoms with Crippen LogP contribution < -0.4 is 9.64 Å². The first-order valence-electron chi connectivity index (χ1n) is 11.1. The van der Waals surface area contributed by atoms with E-state index in [1.54, 1.807) is 13.0 Å². The minimum atomic E-state index is -0.919. The Morgan fingerprint density at radius 3 is 2.55 bits per heavy atom. The van der Waals surface area contributed by atoms with Gasteiger partial charge < -0.3 is 19.5 Å². The van der Waals surface area contributed by atoms with Crippen molar-refractivity contribution in [3.63, 3.8) is 0 Å². The van der Waals surface area contributed by atoms with Gasteiger partial charge in [-0.3, -0.25) is 0 Å². The minimum Gasteiger partial charge on any atom is -0.491 e. The number of ether oxygens (including phenoxy) is 2. The topological polar surface area (TPSA) is 71.9 Å². The van der Waals surface area contributed by atoms with Crippen LogP contribution in [0, 0.1) is 0 Å². The van der Waals surface area contributed by atoms with Gasteiger partial charge in [0.1, 0.15) is 18.2 Å². The average Bonchev–Trinajstić information content (AvgIpc) is 3.31. The summed E-state index contributed by atoms with van der Waals surface area (Å²) in [5.41, 5.74) is 3.09. The number of hydrogen-bond acceptors (Lipinski definition) is 5. The molecule has 31 heavy (non-hydrogen) atoms. The van der Waals surface area contributed by atoms with Gasteiger partial charge in [-0.2, -0.15) is 0 Å². The van der Waals surface area contributed by atoms with Crippen LogP contribution in [0.15, 0.2) is 42.1 Å². The Labute approximate surface area is 184 Å². The van der Waals surface area contributed by atoms with E-state index in [1.807, 2.05) is 36.5 Å². The molecule has 0 unspecified atom stereocenters. The second-order valence-corrected chi connectivity index (χ2v) is 7.80. The highest BCUT2D eigenvalue weighted by Crippen LogP contribution is 2.30. The fourth-order valence-electron chi connectivity index (χ4n) is 3.54. The molecule has 6 nitrogen and oxygen atoms in total. The van der Waals surface area contributed by atoms with Crippen molar-refractivity contribution in [3.8, 4) is 16.9 Å². The smallest absolute Gasteiger partial charge is 0.331 e. The van der Waals surface area contributed by atoms with Crippen molar-refractivity contribution < 1.29 is 19.4 Å². The molecule has 0 saturated carbocycles. The number of carboxylic acid groups (broad SMARTS) is 1. The largest absolute Gasteiger partial charge is 0.491 e. The average molecular weight is 425 g/mol. The third-order valence-electron chi connectivity index (χ3n) is 5.34. The number of aromatic nitrogens is 1. The van der Waals surface area contributed by atoms with Gasteiger partial charge in [-0.25, -0.2) is 9.78 Å². The van der Waals surface area contributed by atoms with Crippen molar-refractivity contribution in [2.45, 2.75) is 39.5 Å². The van der Waals surface area contributed by atoms with Crippen molar-refractivity contribution in [3.05, 3.63) is 47.7 Å². The van der Waals surface area contributed by atoms with Crippen LogP contribution in [0.3, 0.4) is 0 Å². The van der Waals surface area contributed by atoms with Gasteiger partial charge >= 0.3 is 5.97 Å². The summed E-state index contributed by atoms with van der Waals surface area (Å²) in [4.78, 5) is 18.3. The summed E-state index contributed by atoms with van der Waals surface area (Å²) in [5, 5.41) is 9.32. The Balaban J connectivity index is 1.73. The van der Waals surface area contributed by atoms with Gasteiger partial charge in [0.05, 0.1) is 6.61 Å². The highest BCUT2D eigenvalue weighted by Gasteiger charge is 2.18. The lowest BCUT2D eigenvalue weighted by atomic mass is 10.0. The Morgan fingerprint density at radius 1 is 1.13 bits per heavy atom. The first-order valence-corrected chi connectivity index (χ1v) is 11.1. The van der Waals surface area contributed by atoms with Crippen LogP contribution in [0.4, 0.5) is 5.82 Å². The summed E-state index contributed by atoms with van der Waals surface area (Å²) < 4.78 is 11.3. The molecule has 0 spiro atoms. The summed E-state index contributed by atoms with van der Waals surface area (Å²) in [5.74, 6) is 0.731. The first kappa shape index (κ1) is 22.8. The van der Waals surface area contributed by atoms with Crippen molar-refractivity contribution >= 4 is 17.9 Å². The zero-order valence-corrected chi connectivity index (χ0v) is 18.5. The molecule has 0 bridgehead atoms. The normalized spacial score (nSPS) is 14.1. The lowest BCUT2D eigenvalue weighted by molar-refractivity contribution is -0.132. The zero-order valence-electron chi connectivity index (χ0n) is 18.5. The predicted octanol–water partition coefficient (Wildman–Crippen LogP) is 5.03. The van der Waals surface area contributed by atoms with Crippen LogP contribution in [0.5, 0.6) is 5.75 Å². The van der Waals surface area contributed by atoms with E-state index in [1.165, 1.54) is 0 Å². The van der Waals surface area contributed by atoms with Crippen LogP contribution in [-0.4, -0.2) is 49.0 Å². The van der Waals surface area contributed by atoms with Gasteiger partial charge in [0.25, 0.3) is 0 Å². The molecule has 1 aromatic carbocycles. The number of aliphatic carboxylic acids is 1. The van der Waals surface area contributed by atoms with Gasteiger partial charge in [0, 0.05) is 42.6 Å². The fraction of sp³-hybridized carbons (Fsp3) is 0.440. The maximum absolute atomic E-state index is 11.4. The summed E-state index contributed by atoms with van der Waals surface area (Å²) in [6, 6.07) is 9.89. The lowest BCUT2D eigenvalue weighted by Crippen LogP contribution is -2.20. The molecular weight excluding hydrogens is 392 g/mol. The van der Waals surface area contributed by atoms with Crippen molar-refractivity contribution in [2.24, 2.45) is 0 Å². The number of pyridine rings is 1. The molecule has 0 amide bonds. The Morgan fingerprint density at radius 2 is 1.87 bits per heavy atom. The number of benzene rings is 1. The van der Waals surface area contributed by atoms with Gasteiger partial charge in [-0.05, 0) is 56.0 Å². The molecule has 0 aliphatic carbocycles. The third-order valence-corrected chi connectivity index (χ3v) is 5.34. The van der Waals surface area contributed by atoms with E-state index >= 15 is 0 Å². The summed E-state index contributed by atoms with van der Waals surface area (Å²) >= 11 is 0. The van der Waals surface area contributed by atoms with E-state index in [-0.39, 0.29) is 0 Å². The molecule has 1 saturated heterocycles. The Hall–Kier alpha value is -2.86. The fourth-order valence-corrected chi connectivity index (χ4v) is 3.54. The molecule has 2 heterocycles. The Kier molecular flexibility index (Phi) is 8.47. The first-order chi connectivity index (χ1) is 15.1. The van der Waals surface area contributed by atoms with E-state index in [4.69, 9.17) is 14.5 Å². The van der Waals surface area contributed by atoms with Gasteiger partial charge in [-0.1, -0.05) is 25.5 Å². The monoisotopic (exact) mass is 424 g/mol. The van der Waals surface area contributed by atoms with Crippen molar-refractivity contribution in [1.29, 1.82) is 0 Å². The summed E-state index contributed by atoms with van der Waals surface area (Å²) in [7, 11) is 0. The molecule has 1 aromatic heterocycles. The highest BCUT2D eigenvalue weighted by atomic mass is 16.5. The second kappa shape index (κ2) is 11.5. The molecule has 1 aliphatic heterocycles. The predicted molar refractivity (Wildman–Crippen MR) is 124 cm³/mol. The zero-order chi connectivity index (χ0) is 22.1. The number of unbranched alkanes of at least 4 members (excludes halogenated alkanes) is 1. The van der Waals surface area contributed by atoms with Gasteiger partial charge in [0.15, 0.2) is 0 Å². The summed E-state index contributed by atoms with van der Waals surface area (Å²) in [6.45, 7) is 7.55. The molecule has 166 valence electrons. The number of carbonyl (C=O) groups is 1. The number of anilines is 1. The molecule has 0 atom stereocenters. The van der Waals surface area contributed by atoms with Crippen LogP contribution in [-0.2, 0) is 9.53 Å². The van der Waals surface area contributed by atoms with Crippen molar-refractivity contribution in [2.75, 3.05) is 37.8 Å². The summed E-state index contributed by atoms with van der Waals surface area (Å²) in [6.07, 6.45) is 8.04. The molecule has 1 fully saturated rings. The quantitative estimate of drug-likeness (QED) is 0.403. The van der Waals surface area contributed by atoms with Gasteiger partial charge in [0.2, 0.25) is 0 Å². The molecule has 2 aromatic rings. The van der Waals surface area contributed by atoms with E-state index in [0.717, 1.165) is 73.6 Å². The van der Waals surface area contributed by atoms with Crippen LogP contribution in [0.25, 0.3) is 17.2 Å². The van der Waals surface area contributed by atoms with E-state index < -0.39 is 5.97 Å². The molecule has 1 N–H and O–H groups in total. The second-order valence-electron chi connectivity index (χ2n) is 7.80. The van der Waals surface area contributed by atoms with Gasteiger partial charge in [-0.15, -0.1) is 0 Å². The standard InChI is InChI=1S/C25H32N2O4/c1-3-4-13-30-14-15-31-23-9-7-20(8-10-23)22-17-21(16-19(2)25(28)29)24(26-18-22)27-11-5-6-12-27/h7-10,16-18H,3-6,11-15H2,1-2H3,(H,28,29). The van der Waals surface area contributed by atoms with E-state index in [2.05, 4.69) is 11.8 Å².